The monoisotopic (exact) mass is 360 g/mol. The molecule has 0 aromatic heterocycles. The Morgan fingerprint density at radius 1 is 1.21 bits per heavy atom. The number of hydrogen-bond donors (Lipinski definition) is 1. The van der Waals surface area contributed by atoms with Crippen molar-refractivity contribution >= 4 is 29.1 Å². The molecule has 8 heteroatoms. The van der Waals surface area contributed by atoms with E-state index in [-0.39, 0.29) is 17.5 Å². The Labute approximate surface area is 142 Å². The number of benzene rings is 1. The Balaban J connectivity index is 1.73. The van der Waals surface area contributed by atoms with Crippen molar-refractivity contribution in [3.8, 4) is 0 Å². The van der Waals surface area contributed by atoms with E-state index in [2.05, 4.69) is 5.32 Å². The lowest BCUT2D eigenvalue weighted by atomic mass is 10.1. The lowest BCUT2D eigenvalue weighted by Crippen LogP contribution is -2.43. The van der Waals surface area contributed by atoms with Crippen LogP contribution >= 0.6 is 11.6 Å². The van der Waals surface area contributed by atoms with Crippen molar-refractivity contribution in [3.63, 3.8) is 0 Å². The molecule has 1 unspecified atom stereocenters. The van der Waals surface area contributed by atoms with Gasteiger partial charge < -0.3 is 10.2 Å². The molecular weight excluding hydrogens is 345 g/mol. The van der Waals surface area contributed by atoms with Crippen LogP contribution in [0.3, 0.4) is 0 Å². The maximum atomic E-state index is 12.9. The number of rotatable bonds is 3. The summed E-state index contributed by atoms with van der Waals surface area (Å²) in [6.45, 7) is 0.516. The topological polar surface area (TPSA) is 49.4 Å². The molecule has 0 spiro atoms. The van der Waals surface area contributed by atoms with Crippen molar-refractivity contribution in [2.45, 2.75) is 37.9 Å². The summed E-state index contributed by atoms with van der Waals surface area (Å²) in [5.74, 6) is -0.484. The standard InChI is InChI=1S/C16H16ClF3N2O2/c17-12-6-5-10(8-11(12)16(18,19)20)21-14(23)13-2-1-7-22(13)15(24)9-3-4-9/h5-6,8-9,13H,1-4,7H2,(H,21,23). The van der Waals surface area contributed by atoms with Crippen LogP contribution in [0.5, 0.6) is 0 Å². The van der Waals surface area contributed by atoms with Crippen molar-refractivity contribution in [2.24, 2.45) is 5.92 Å². The van der Waals surface area contributed by atoms with E-state index >= 15 is 0 Å². The van der Waals surface area contributed by atoms with E-state index < -0.39 is 28.7 Å². The zero-order valence-corrected chi connectivity index (χ0v) is 13.5. The van der Waals surface area contributed by atoms with Crippen LogP contribution in [0.25, 0.3) is 0 Å². The van der Waals surface area contributed by atoms with Crippen molar-refractivity contribution in [1.82, 2.24) is 4.90 Å². The van der Waals surface area contributed by atoms with Gasteiger partial charge in [0.1, 0.15) is 6.04 Å². The van der Waals surface area contributed by atoms with E-state index in [4.69, 9.17) is 11.6 Å². The molecule has 1 atom stereocenters. The van der Waals surface area contributed by atoms with Gasteiger partial charge >= 0.3 is 6.18 Å². The van der Waals surface area contributed by atoms with Gasteiger partial charge in [-0.05, 0) is 43.9 Å². The summed E-state index contributed by atoms with van der Waals surface area (Å²) in [4.78, 5) is 26.1. The van der Waals surface area contributed by atoms with E-state index in [9.17, 15) is 22.8 Å². The molecule has 0 radical (unpaired) electrons. The summed E-state index contributed by atoms with van der Waals surface area (Å²) in [5, 5.41) is 2.05. The first-order valence-electron chi connectivity index (χ1n) is 7.75. The van der Waals surface area contributed by atoms with Crippen molar-refractivity contribution in [3.05, 3.63) is 28.8 Å². The summed E-state index contributed by atoms with van der Waals surface area (Å²) in [7, 11) is 0. The van der Waals surface area contributed by atoms with Crippen molar-refractivity contribution < 1.29 is 22.8 Å². The molecule has 1 saturated carbocycles. The summed E-state index contributed by atoms with van der Waals surface area (Å²) in [6.07, 6.45) is -1.68. The Morgan fingerprint density at radius 2 is 1.92 bits per heavy atom. The molecule has 1 aromatic carbocycles. The number of carbonyl (C=O) groups excluding carboxylic acids is 2. The molecule has 2 aliphatic rings. The van der Waals surface area contributed by atoms with Crippen LogP contribution in [-0.4, -0.2) is 29.3 Å². The Morgan fingerprint density at radius 3 is 2.54 bits per heavy atom. The summed E-state index contributed by atoms with van der Waals surface area (Å²) >= 11 is 5.57. The SMILES string of the molecule is O=C(Nc1ccc(Cl)c(C(F)(F)F)c1)C1CCCN1C(=O)C1CC1. The van der Waals surface area contributed by atoms with Gasteiger partial charge in [0.15, 0.2) is 0 Å². The minimum Gasteiger partial charge on any atom is -0.330 e. The fraction of sp³-hybridized carbons (Fsp3) is 0.500. The average Bonchev–Trinajstić information content (AvgIpc) is 3.23. The molecule has 0 bridgehead atoms. The number of anilines is 1. The number of carbonyl (C=O) groups is 2. The highest BCUT2D eigenvalue weighted by Crippen LogP contribution is 2.37. The number of halogens is 4. The van der Waals surface area contributed by atoms with E-state index in [0.717, 1.165) is 25.0 Å². The molecule has 1 N–H and O–H groups in total. The van der Waals surface area contributed by atoms with Crippen LogP contribution in [0.4, 0.5) is 18.9 Å². The minimum absolute atomic E-state index is 0.00534. The third-order valence-electron chi connectivity index (χ3n) is 4.30. The zero-order chi connectivity index (χ0) is 17.5. The molecule has 24 heavy (non-hydrogen) atoms. The van der Waals surface area contributed by atoms with Gasteiger partial charge in [-0.25, -0.2) is 0 Å². The van der Waals surface area contributed by atoms with E-state index in [1.54, 1.807) is 4.90 Å². The van der Waals surface area contributed by atoms with Gasteiger partial charge in [0.25, 0.3) is 0 Å². The molecule has 1 aliphatic carbocycles. The first-order chi connectivity index (χ1) is 11.3. The zero-order valence-electron chi connectivity index (χ0n) is 12.7. The van der Waals surface area contributed by atoms with Crippen LogP contribution in [0.1, 0.15) is 31.2 Å². The number of likely N-dealkylation sites (tertiary alicyclic amines) is 1. The number of amides is 2. The molecule has 1 aliphatic heterocycles. The van der Waals surface area contributed by atoms with Gasteiger partial charge in [-0.2, -0.15) is 13.2 Å². The van der Waals surface area contributed by atoms with Gasteiger partial charge in [0.05, 0.1) is 10.6 Å². The molecule has 2 fully saturated rings. The highest BCUT2D eigenvalue weighted by molar-refractivity contribution is 6.31. The van der Waals surface area contributed by atoms with Gasteiger partial charge in [-0.1, -0.05) is 11.6 Å². The molecule has 2 amide bonds. The minimum atomic E-state index is -4.60. The highest BCUT2D eigenvalue weighted by atomic mass is 35.5. The second-order valence-corrected chi connectivity index (χ2v) is 6.55. The van der Waals surface area contributed by atoms with Crippen LogP contribution in [0.2, 0.25) is 5.02 Å². The quantitative estimate of drug-likeness (QED) is 0.893. The summed E-state index contributed by atoms with van der Waals surface area (Å²) in [6, 6.07) is 2.60. The highest BCUT2D eigenvalue weighted by Gasteiger charge is 2.41. The fourth-order valence-electron chi connectivity index (χ4n) is 2.91. The van der Waals surface area contributed by atoms with Gasteiger partial charge in [-0.3, -0.25) is 9.59 Å². The lowest BCUT2D eigenvalue weighted by Gasteiger charge is -2.24. The number of nitrogens with zero attached hydrogens (tertiary/aromatic N) is 1. The Kier molecular flexibility index (Phi) is 4.46. The van der Waals surface area contributed by atoms with Crippen LogP contribution in [0.15, 0.2) is 18.2 Å². The molecule has 1 heterocycles. The molecule has 4 nitrogen and oxygen atoms in total. The molecule has 130 valence electrons. The van der Waals surface area contributed by atoms with Crippen LogP contribution < -0.4 is 5.32 Å². The molecular formula is C16H16ClF3N2O2. The van der Waals surface area contributed by atoms with Gasteiger partial charge in [0, 0.05) is 18.2 Å². The molecule has 1 aromatic rings. The van der Waals surface area contributed by atoms with Crippen molar-refractivity contribution in [1.29, 1.82) is 0 Å². The van der Waals surface area contributed by atoms with E-state index in [1.165, 1.54) is 6.07 Å². The number of hydrogen-bond acceptors (Lipinski definition) is 2. The normalized spacial score (nSPS) is 21.0. The van der Waals surface area contributed by atoms with E-state index in [1.807, 2.05) is 0 Å². The number of nitrogens with one attached hydrogen (secondary N) is 1. The molecule has 1 saturated heterocycles. The summed E-state index contributed by atoms with van der Waals surface area (Å²) in [5.41, 5.74) is -0.984. The predicted octanol–water partition coefficient (Wildman–Crippen LogP) is 3.70. The van der Waals surface area contributed by atoms with E-state index in [0.29, 0.717) is 19.4 Å². The number of alkyl halides is 3. The van der Waals surface area contributed by atoms with Crippen LogP contribution in [-0.2, 0) is 15.8 Å². The first kappa shape index (κ1) is 17.1. The third kappa shape index (κ3) is 3.50. The second-order valence-electron chi connectivity index (χ2n) is 6.15. The lowest BCUT2D eigenvalue weighted by molar-refractivity contribution is -0.137. The van der Waals surface area contributed by atoms with Gasteiger partial charge in [0.2, 0.25) is 11.8 Å². The van der Waals surface area contributed by atoms with Crippen molar-refractivity contribution in [2.75, 3.05) is 11.9 Å². The Bertz CT molecular complexity index is 674. The smallest absolute Gasteiger partial charge is 0.330 e. The third-order valence-corrected chi connectivity index (χ3v) is 4.63. The fourth-order valence-corrected chi connectivity index (χ4v) is 3.14. The first-order valence-corrected chi connectivity index (χ1v) is 8.13. The molecule has 3 rings (SSSR count). The van der Waals surface area contributed by atoms with Gasteiger partial charge in [-0.15, -0.1) is 0 Å². The average molecular weight is 361 g/mol. The summed E-state index contributed by atoms with van der Waals surface area (Å²) < 4.78 is 38.6. The second kappa shape index (κ2) is 6.27. The predicted molar refractivity (Wildman–Crippen MR) is 82.5 cm³/mol. The Hall–Kier alpha value is -1.76. The van der Waals surface area contributed by atoms with Crippen LogP contribution in [0, 0.1) is 5.92 Å². The maximum Gasteiger partial charge on any atom is 0.417 e. The largest absolute Gasteiger partial charge is 0.417 e. The maximum absolute atomic E-state index is 12.9.